The number of anilines is 1. The number of carbonyl (C=O) groups excluding carboxylic acids is 1. The van der Waals surface area contributed by atoms with Crippen molar-refractivity contribution in [3.05, 3.63) is 28.2 Å². The molecule has 1 aliphatic heterocycles. The summed E-state index contributed by atoms with van der Waals surface area (Å²) < 4.78 is 0.872. The summed E-state index contributed by atoms with van der Waals surface area (Å²) in [6.45, 7) is 2.37. The molecule has 20 heavy (non-hydrogen) atoms. The Morgan fingerprint density at radius 1 is 1.45 bits per heavy atom. The van der Waals surface area contributed by atoms with Crippen LogP contribution in [0.25, 0.3) is 0 Å². The highest BCUT2D eigenvalue weighted by Gasteiger charge is 2.32. The second-order valence-corrected chi connectivity index (χ2v) is 6.64. The lowest BCUT2D eigenvalue weighted by molar-refractivity contribution is -0.141. The van der Waals surface area contributed by atoms with Gasteiger partial charge in [0.25, 0.3) is 0 Å². The summed E-state index contributed by atoms with van der Waals surface area (Å²) in [6.07, 6.45) is 0. The fraction of sp³-hybridized carbons (Fsp3) is 0.385. The molecule has 2 rings (SSSR count). The monoisotopic (exact) mass is 358 g/mol. The van der Waals surface area contributed by atoms with E-state index in [9.17, 15) is 9.59 Å². The molecule has 1 saturated heterocycles. The minimum atomic E-state index is -0.960. The van der Waals surface area contributed by atoms with Crippen molar-refractivity contribution in [3.63, 3.8) is 0 Å². The summed E-state index contributed by atoms with van der Waals surface area (Å²) in [5.74, 6) is 0.229. The zero-order chi connectivity index (χ0) is 14.7. The fourth-order valence-corrected chi connectivity index (χ4v) is 3.70. The maximum absolute atomic E-state index is 12.2. The molecule has 1 atom stereocenters. The molecule has 0 radical (unpaired) electrons. The molecular formula is C13H15BrN2O3S. The van der Waals surface area contributed by atoms with Crippen molar-refractivity contribution in [2.75, 3.05) is 23.4 Å². The van der Waals surface area contributed by atoms with E-state index in [1.807, 2.05) is 19.1 Å². The fourth-order valence-electron chi connectivity index (χ4n) is 2.06. The lowest BCUT2D eigenvalue weighted by atomic mass is 10.2. The number of urea groups is 1. The number of aliphatic carboxylic acids is 1. The summed E-state index contributed by atoms with van der Waals surface area (Å²) in [6, 6.07) is 4.45. The number of carboxylic acids is 1. The average Bonchev–Trinajstić information content (AvgIpc) is 2.37. The highest BCUT2D eigenvalue weighted by atomic mass is 79.9. The van der Waals surface area contributed by atoms with Crippen LogP contribution in [-0.4, -0.2) is 46.1 Å². The minimum Gasteiger partial charge on any atom is -0.480 e. The summed E-state index contributed by atoms with van der Waals surface area (Å²) in [4.78, 5) is 24.8. The number of benzene rings is 1. The number of rotatable bonds is 2. The second-order valence-electron chi connectivity index (χ2n) is 4.57. The van der Waals surface area contributed by atoms with Crippen molar-refractivity contribution >= 4 is 45.4 Å². The molecule has 0 aromatic heterocycles. The van der Waals surface area contributed by atoms with Gasteiger partial charge in [-0.25, -0.2) is 9.59 Å². The number of amides is 2. The normalized spacial score (nSPS) is 18.7. The maximum Gasteiger partial charge on any atom is 0.327 e. The molecule has 1 aliphatic rings. The Morgan fingerprint density at radius 2 is 2.20 bits per heavy atom. The molecule has 1 heterocycles. The molecule has 108 valence electrons. The summed E-state index contributed by atoms with van der Waals surface area (Å²) in [7, 11) is 0. The smallest absolute Gasteiger partial charge is 0.327 e. The third-order valence-corrected chi connectivity index (χ3v) is 4.45. The Labute approximate surface area is 129 Å². The van der Waals surface area contributed by atoms with Crippen LogP contribution < -0.4 is 5.32 Å². The van der Waals surface area contributed by atoms with Crippen LogP contribution in [0, 0.1) is 6.92 Å². The van der Waals surface area contributed by atoms with Crippen LogP contribution in [0.15, 0.2) is 22.7 Å². The minimum absolute atomic E-state index is 0.366. The molecule has 0 aliphatic carbocycles. The number of hydrogen-bond donors (Lipinski definition) is 2. The topological polar surface area (TPSA) is 69.6 Å². The van der Waals surface area contributed by atoms with Gasteiger partial charge in [0.2, 0.25) is 0 Å². The molecule has 1 aromatic rings. The van der Waals surface area contributed by atoms with Crippen LogP contribution in [0.4, 0.5) is 10.5 Å². The lowest BCUT2D eigenvalue weighted by Crippen LogP contribution is -2.51. The highest BCUT2D eigenvalue weighted by molar-refractivity contribution is 9.10. The van der Waals surface area contributed by atoms with Crippen molar-refractivity contribution in [2.24, 2.45) is 0 Å². The first-order chi connectivity index (χ1) is 9.47. The first kappa shape index (κ1) is 15.2. The van der Waals surface area contributed by atoms with Crippen molar-refractivity contribution in [3.8, 4) is 0 Å². The molecule has 7 heteroatoms. The number of aryl methyl sites for hydroxylation is 1. The van der Waals surface area contributed by atoms with Gasteiger partial charge in [-0.05, 0) is 30.7 Å². The molecular weight excluding hydrogens is 344 g/mol. The largest absolute Gasteiger partial charge is 0.480 e. The molecule has 1 fully saturated rings. The Bertz CT molecular complexity index is 518. The number of nitrogens with zero attached hydrogens (tertiary/aromatic N) is 1. The highest BCUT2D eigenvalue weighted by Crippen LogP contribution is 2.21. The van der Waals surface area contributed by atoms with Crippen molar-refractivity contribution in [2.45, 2.75) is 13.0 Å². The van der Waals surface area contributed by atoms with E-state index in [2.05, 4.69) is 21.2 Å². The Morgan fingerprint density at radius 3 is 2.85 bits per heavy atom. The molecule has 0 bridgehead atoms. The molecule has 5 nitrogen and oxygen atoms in total. The van der Waals surface area contributed by atoms with E-state index < -0.39 is 12.0 Å². The Balaban J connectivity index is 2.11. The van der Waals surface area contributed by atoms with Gasteiger partial charge in [0.05, 0.1) is 0 Å². The zero-order valence-corrected chi connectivity index (χ0v) is 13.3. The van der Waals surface area contributed by atoms with Crippen LogP contribution in [0.5, 0.6) is 0 Å². The van der Waals surface area contributed by atoms with E-state index in [1.165, 1.54) is 4.90 Å². The van der Waals surface area contributed by atoms with Crippen LogP contribution >= 0.6 is 27.7 Å². The van der Waals surface area contributed by atoms with Gasteiger partial charge in [-0.15, -0.1) is 0 Å². The number of thioether (sulfide) groups is 1. The third-order valence-electron chi connectivity index (χ3n) is 2.97. The SMILES string of the molecule is Cc1cc(Br)cc(NC(=O)N2CCSCC2C(=O)O)c1. The summed E-state index contributed by atoms with van der Waals surface area (Å²) in [5, 5.41) is 11.9. The number of carboxylic acid groups (broad SMARTS) is 1. The number of nitrogens with one attached hydrogen (secondary N) is 1. The van der Waals surface area contributed by atoms with E-state index in [0.29, 0.717) is 18.0 Å². The predicted molar refractivity (Wildman–Crippen MR) is 83.4 cm³/mol. The maximum atomic E-state index is 12.2. The van der Waals surface area contributed by atoms with Gasteiger partial charge in [0.15, 0.2) is 0 Å². The summed E-state index contributed by atoms with van der Waals surface area (Å²) >= 11 is 4.93. The van der Waals surface area contributed by atoms with E-state index >= 15 is 0 Å². The van der Waals surface area contributed by atoms with E-state index in [0.717, 1.165) is 15.8 Å². The Kier molecular flexibility index (Phi) is 4.93. The standard InChI is InChI=1S/C13H15BrN2O3S/c1-8-4-9(14)6-10(5-8)15-13(19)16-2-3-20-7-11(16)12(17)18/h4-6,11H,2-3,7H2,1H3,(H,15,19)(H,17,18). The van der Waals surface area contributed by atoms with Gasteiger partial charge in [0, 0.05) is 28.2 Å². The molecule has 0 saturated carbocycles. The Hall–Kier alpha value is -1.21. The van der Waals surface area contributed by atoms with Crippen LogP contribution in [0.2, 0.25) is 0 Å². The number of hydrogen-bond acceptors (Lipinski definition) is 3. The molecule has 2 amide bonds. The van der Waals surface area contributed by atoms with Gasteiger partial charge in [-0.3, -0.25) is 0 Å². The second kappa shape index (κ2) is 6.49. The first-order valence-corrected chi connectivity index (χ1v) is 8.07. The van der Waals surface area contributed by atoms with Gasteiger partial charge in [-0.1, -0.05) is 15.9 Å². The third kappa shape index (κ3) is 3.67. The lowest BCUT2D eigenvalue weighted by Gasteiger charge is -2.32. The molecule has 2 N–H and O–H groups in total. The molecule has 1 unspecified atom stereocenters. The quantitative estimate of drug-likeness (QED) is 0.852. The van der Waals surface area contributed by atoms with Crippen LogP contribution in [-0.2, 0) is 4.79 Å². The van der Waals surface area contributed by atoms with Crippen molar-refractivity contribution in [1.82, 2.24) is 4.90 Å². The van der Waals surface area contributed by atoms with Crippen LogP contribution in [0.1, 0.15) is 5.56 Å². The van der Waals surface area contributed by atoms with Crippen LogP contribution in [0.3, 0.4) is 0 Å². The van der Waals surface area contributed by atoms with Gasteiger partial charge in [0.1, 0.15) is 6.04 Å². The first-order valence-electron chi connectivity index (χ1n) is 6.13. The molecule has 0 spiro atoms. The van der Waals surface area contributed by atoms with E-state index in [-0.39, 0.29) is 6.03 Å². The molecule has 1 aromatic carbocycles. The van der Waals surface area contributed by atoms with Gasteiger partial charge >= 0.3 is 12.0 Å². The van der Waals surface area contributed by atoms with Gasteiger partial charge < -0.3 is 15.3 Å². The summed E-state index contributed by atoms with van der Waals surface area (Å²) in [5.41, 5.74) is 1.67. The zero-order valence-electron chi connectivity index (χ0n) is 10.9. The van der Waals surface area contributed by atoms with Crippen molar-refractivity contribution < 1.29 is 14.7 Å². The van der Waals surface area contributed by atoms with Gasteiger partial charge in [-0.2, -0.15) is 11.8 Å². The number of carbonyl (C=O) groups is 2. The van der Waals surface area contributed by atoms with E-state index in [4.69, 9.17) is 5.11 Å². The number of halogens is 1. The predicted octanol–water partition coefficient (Wildman–Crippen LogP) is 2.79. The average molecular weight is 359 g/mol. The van der Waals surface area contributed by atoms with Crippen molar-refractivity contribution in [1.29, 1.82) is 0 Å². The van der Waals surface area contributed by atoms with E-state index in [1.54, 1.807) is 17.8 Å².